The molecule has 0 heterocycles. The predicted molar refractivity (Wildman–Crippen MR) is 125 cm³/mol. The molecule has 0 aromatic heterocycles. The minimum Gasteiger partial charge on any atom is -0.497 e. The molecule has 3 aromatic rings. The zero-order valence-corrected chi connectivity index (χ0v) is 19.9. The Morgan fingerprint density at radius 1 is 0.972 bits per heavy atom. The van der Waals surface area contributed by atoms with Gasteiger partial charge in [0.15, 0.2) is 0 Å². The summed E-state index contributed by atoms with van der Waals surface area (Å²) in [7, 11) is -2.18. The first-order chi connectivity index (χ1) is 17.0. The zero-order valence-electron chi connectivity index (χ0n) is 19.1. The number of rotatable bonds is 9. The van der Waals surface area contributed by atoms with Crippen molar-refractivity contribution in [1.29, 1.82) is 0 Å². The summed E-state index contributed by atoms with van der Waals surface area (Å²) in [5.74, 6) is -0.918. The Kier molecular flexibility index (Phi) is 8.20. The van der Waals surface area contributed by atoms with Gasteiger partial charge in [-0.1, -0.05) is 30.3 Å². The Balaban J connectivity index is 1.95. The molecule has 0 unspecified atom stereocenters. The quantitative estimate of drug-likeness (QED) is 0.257. The molecule has 0 aliphatic carbocycles. The first kappa shape index (κ1) is 26.5. The third kappa shape index (κ3) is 6.54. The fourth-order valence-electron chi connectivity index (χ4n) is 3.19. The summed E-state index contributed by atoms with van der Waals surface area (Å²) in [6.07, 6.45) is -4.21. The number of ether oxygens (including phenoxy) is 2. The number of nitrogens with zero attached hydrogens (tertiary/aromatic N) is 1. The highest BCUT2D eigenvalue weighted by atomic mass is 32.2. The Morgan fingerprint density at radius 2 is 1.67 bits per heavy atom. The number of carbonyl (C=O) groups excluding carboxylic acids is 1. The maximum atomic E-state index is 13.6. The number of hydrogen-bond donors (Lipinski definition) is 1. The lowest BCUT2D eigenvalue weighted by Gasteiger charge is -2.17. The average molecular weight is 523 g/mol. The van der Waals surface area contributed by atoms with Crippen LogP contribution in [-0.4, -0.2) is 34.8 Å². The molecule has 0 saturated heterocycles. The molecule has 36 heavy (non-hydrogen) atoms. The largest absolute Gasteiger partial charge is 0.497 e. The Morgan fingerprint density at radius 3 is 2.31 bits per heavy atom. The van der Waals surface area contributed by atoms with Crippen molar-refractivity contribution in [3.63, 3.8) is 0 Å². The third-order valence-electron chi connectivity index (χ3n) is 4.77. The standard InChI is InChI=1S/C24H21F3N2O6S/c1-33-18-10-6-7-16(13-18)14-22(30)29-28-15-19-21(12-11-20(23(19)34-2)24(25,26)27)36(31,32)35-17-8-4-3-5-9-17/h3-13,15H,14H2,1-2H3,(H,29,30)/b28-15+. The second-order valence-electron chi connectivity index (χ2n) is 7.23. The van der Waals surface area contributed by atoms with E-state index in [1.165, 1.54) is 31.4 Å². The van der Waals surface area contributed by atoms with Gasteiger partial charge in [-0.2, -0.15) is 26.7 Å². The van der Waals surface area contributed by atoms with Crippen LogP contribution >= 0.6 is 0 Å². The summed E-state index contributed by atoms with van der Waals surface area (Å²) in [4.78, 5) is 11.6. The summed E-state index contributed by atoms with van der Waals surface area (Å²) in [6.45, 7) is 0. The number of hydrazone groups is 1. The molecule has 0 saturated carbocycles. The molecule has 0 aliphatic heterocycles. The second kappa shape index (κ2) is 11.1. The number of benzene rings is 3. The number of hydrogen-bond acceptors (Lipinski definition) is 7. The second-order valence-corrected chi connectivity index (χ2v) is 8.74. The maximum Gasteiger partial charge on any atom is 0.419 e. The molecular formula is C24H21F3N2O6S. The molecule has 8 nitrogen and oxygen atoms in total. The molecule has 3 rings (SSSR count). The van der Waals surface area contributed by atoms with E-state index in [0.717, 1.165) is 19.4 Å². The molecule has 1 N–H and O–H groups in total. The first-order valence-corrected chi connectivity index (χ1v) is 11.7. The van der Waals surface area contributed by atoms with Crippen molar-refractivity contribution in [2.45, 2.75) is 17.5 Å². The van der Waals surface area contributed by atoms with Gasteiger partial charge in [0.2, 0.25) is 5.91 Å². The van der Waals surface area contributed by atoms with E-state index in [0.29, 0.717) is 17.4 Å². The van der Waals surface area contributed by atoms with Crippen LogP contribution in [0.3, 0.4) is 0 Å². The molecule has 190 valence electrons. The van der Waals surface area contributed by atoms with Crippen LogP contribution in [0.2, 0.25) is 0 Å². The number of carbonyl (C=O) groups is 1. The van der Waals surface area contributed by atoms with Crippen molar-refractivity contribution < 1.29 is 40.0 Å². The summed E-state index contributed by atoms with van der Waals surface area (Å²) in [6, 6.07) is 15.4. The van der Waals surface area contributed by atoms with E-state index < -0.39 is 44.0 Å². The highest BCUT2D eigenvalue weighted by molar-refractivity contribution is 7.87. The fraction of sp³-hybridized carbons (Fsp3) is 0.167. The van der Waals surface area contributed by atoms with Crippen molar-refractivity contribution in [3.8, 4) is 17.2 Å². The summed E-state index contributed by atoms with van der Waals surface area (Å²) in [5.41, 5.74) is 0.988. The Bertz CT molecular complexity index is 1360. The van der Waals surface area contributed by atoms with E-state index >= 15 is 0 Å². The van der Waals surface area contributed by atoms with Crippen LogP contribution in [0.1, 0.15) is 16.7 Å². The number of alkyl halides is 3. The Labute approximate surface area is 205 Å². The lowest BCUT2D eigenvalue weighted by molar-refractivity contribution is -0.138. The monoisotopic (exact) mass is 522 g/mol. The topological polar surface area (TPSA) is 103 Å². The van der Waals surface area contributed by atoms with Gasteiger partial charge in [-0.3, -0.25) is 4.79 Å². The van der Waals surface area contributed by atoms with Gasteiger partial charge in [0.05, 0.1) is 38.0 Å². The maximum absolute atomic E-state index is 13.6. The molecule has 0 aliphatic rings. The van der Waals surface area contributed by atoms with Gasteiger partial charge >= 0.3 is 16.3 Å². The molecule has 1 amide bonds. The zero-order chi connectivity index (χ0) is 26.3. The minimum atomic E-state index is -4.86. The van der Waals surface area contributed by atoms with Crippen LogP contribution in [0.4, 0.5) is 13.2 Å². The molecule has 0 fully saturated rings. The Hall–Kier alpha value is -4.06. The van der Waals surface area contributed by atoms with Crippen molar-refractivity contribution in [1.82, 2.24) is 5.43 Å². The van der Waals surface area contributed by atoms with Gasteiger partial charge in [0.1, 0.15) is 22.1 Å². The lowest BCUT2D eigenvalue weighted by Crippen LogP contribution is -2.21. The van der Waals surface area contributed by atoms with Crippen molar-refractivity contribution in [3.05, 3.63) is 83.4 Å². The van der Waals surface area contributed by atoms with Gasteiger partial charge in [0, 0.05) is 0 Å². The van der Waals surface area contributed by atoms with Crippen LogP contribution < -0.4 is 19.1 Å². The van der Waals surface area contributed by atoms with Gasteiger partial charge in [0.25, 0.3) is 0 Å². The van der Waals surface area contributed by atoms with E-state index in [2.05, 4.69) is 10.5 Å². The predicted octanol–water partition coefficient (Wildman–Crippen LogP) is 4.18. The van der Waals surface area contributed by atoms with Gasteiger partial charge in [-0.05, 0) is 42.0 Å². The van der Waals surface area contributed by atoms with Gasteiger partial charge in [-0.15, -0.1) is 0 Å². The molecule has 0 radical (unpaired) electrons. The molecule has 12 heteroatoms. The average Bonchev–Trinajstić information content (AvgIpc) is 2.83. The number of methoxy groups -OCH3 is 2. The van der Waals surface area contributed by atoms with Crippen LogP contribution in [-0.2, 0) is 27.5 Å². The van der Waals surface area contributed by atoms with Gasteiger partial charge in [-0.25, -0.2) is 5.43 Å². The molecule has 0 bridgehead atoms. The summed E-state index contributed by atoms with van der Waals surface area (Å²) in [5, 5.41) is 3.67. The highest BCUT2D eigenvalue weighted by Crippen LogP contribution is 2.40. The molecule has 0 spiro atoms. The van der Waals surface area contributed by atoms with E-state index in [1.54, 1.807) is 30.3 Å². The van der Waals surface area contributed by atoms with E-state index in [9.17, 15) is 26.4 Å². The molecule has 3 aromatic carbocycles. The van der Waals surface area contributed by atoms with Crippen molar-refractivity contribution in [2.75, 3.05) is 14.2 Å². The third-order valence-corrected chi connectivity index (χ3v) is 6.07. The van der Waals surface area contributed by atoms with Crippen LogP contribution in [0.5, 0.6) is 17.2 Å². The van der Waals surface area contributed by atoms with Crippen LogP contribution in [0, 0.1) is 0 Å². The smallest absolute Gasteiger partial charge is 0.419 e. The number of nitrogens with one attached hydrogen (secondary N) is 1. The summed E-state index contributed by atoms with van der Waals surface area (Å²) < 4.78 is 81.6. The lowest BCUT2D eigenvalue weighted by atomic mass is 10.1. The van der Waals surface area contributed by atoms with Crippen LogP contribution in [0.15, 0.2) is 76.7 Å². The number of para-hydroxylation sites is 1. The van der Waals surface area contributed by atoms with Crippen molar-refractivity contribution >= 4 is 22.2 Å². The van der Waals surface area contributed by atoms with Crippen LogP contribution in [0.25, 0.3) is 0 Å². The number of halogens is 3. The summed E-state index contributed by atoms with van der Waals surface area (Å²) >= 11 is 0. The SMILES string of the molecule is COc1cccc(CC(=O)N/N=C/c2c(S(=O)(=O)Oc3ccccc3)ccc(C(F)(F)F)c2OC)c1. The van der Waals surface area contributed by atoms with E-state index in [1.807, 2.05) is 0 Å². The molecular weight excluding hydrogens is 501 g/mol. The van der Waals surface area contributed by atoms with E-state index in [4.69, 9.17) is 13.7 Å². The highest BCUT2D eigenvalue weighted by Gasteiger charge is 2.37. The number of amides is 1. The fourth-order valence-corrected chi connectivity index (χ4v) is 4.29. The molecule has 0 atom stereocenters. The minimum absolute atomic E-state index is 0.0501. The normalized spacial score (nSPS) is 11.8. The van der Waals surface area contributed by atoms with E-state index in [-0.39, 0.29) is 12.2 Å². The van der Waals surface area contributed by atoms with Gasteiger partial charge < -0.3 is 13.7 Å². The van der Waals surface area contributed by atoms with Crippen molar-refractivity contribution in [2.24, 2.45) is 5.10 Å². The first-order valence-electron chi connectivity index (χ1n) is 10.3.